The van der Waals surface area contributed by atoms with Crippen molar-refractivity contribution in [1.82, 2.24) is 19.6 Å². The highest BCUT2D eigenvalue weighted by Gasteiger charge is 2.07. The second kappa shape index (κ2) is 4.56. The summed E-state index contributed by atoms with van der Waals surface area (Å²) in [5.74, 6) is 0.683. The number of fused-ring (bicyclic) bond motifs is 1. The number of rotatable bonds is 3. The minimum atomic E-state index is -0.287. The summed E-state index contributed by atoms with van der Waals surface area (Å²) in [5.41, 5.74) is 1.43. The number of anilines is 1. The van der Waals surface area contributed by atoms with Crippen molar-refractivity contribution in [3.63, 3.8) is 0 Å². The van der Waals surface area contributed by atoms with E-state index in [-0.39, 0.29) is 11.7 Å². The molecule has 2 heterocycles. The van der Waals surface area contributed by atoms with Crippen molar-refractivity contribution in [1.29, 1.82) is 0 Å². The van der Waals surface area contributed by atoms with Crippen LogP contribution in [0.3, 0.4) is 0 Å². The van der Waals surface area contributed by atoms with Crippen molar-refractivity contribution in [2.24, 2.45) is 0 Å². The third-order valence-corrected chi connectivity index (χ3v) is 2.97. The Balaban J connectivity index is 1.87. The van der Waals surface area contributed by atoms with E-state index in [1.807, 2.05) is 18.2 Å². The lowest BCUT2D eigenvalue weighted by Crippen LogP contribution is -2.11. The minimum absolute atomic E-state index is 0.127. The molecule has 2 aromatic heterocycles. The summed E-state index contributed by atoms with van der Waals surface area (Å²) in [6, 6.07) is 11.9. The van der Waals surface area contributed by atoms with Gasteiger partial charge in [0.05, 0.1) is 0 Å². The molecule has 0 radical (unpaired) electrons. The van der Waals surface area contributed by atoms with E-state index < -0.39 is 0 Å². The molecule has 0 aliphatic heterocycles. The molecule has 0 aliphatic rings. The Morgan fingerprint density at radius 2 is 2.11 bits per heavy atom. The van der Waals surface area contributed by atoms with Crippen molar-refractivity contribution in [3.05, 3.63) is 58.8 Å². The zero-order valence-corrected chi connectivity index (χ0v) is 10.4. The maximum Gasteiger partial charge on any atom is 0.348 e. The topological polar surface area (TPSA) is 75.1 Å². The first-order chi connectivity index (χ1) is 9.24. The zero-order valence-electron chi connectivity index (χ0n) is 10.4. The number of aromatic nitrogens is 4. The fraction of sp³-hybridized carbons (Fsp3) is 0.154. The van der Waals surface area contributed by atoms with Gasteiger partial charge in [-0.05, 0) is 12.5 Å². The van der Waals surface area contributed by atoms with Crippen molar-refractivity contribution in [2.45, 2.75) is 13.0 Å². The van der Waals surface area contributed by atoms with Gasteiger partial charge in [-0.3, -0.25) is 0 Å². The molecule has 0 spiro atoms. The van der Waals surface area contributed by atoms with E-state index in [9.17, 15) is 4.79 Å². The van der Waals surface area contributed by atoms with Crippen molar-refractivity contribution in [2.75, 3.05) is 5.32 Å². The molecule has 6 nitrogen and oxygen atoms in total. The third kappa shape index (κ3) is 2.20. The predicted octanol–water partition coefficient (Wildman–Crippen LogP) is 1.59. The first-order valence-corrected chi connectivity index (χ1v) is 5.98. The average molecular weight is 255 g/mol. The SMILES string of the molecule is CC(Nc1cc2n[nH]c(=O)n2cn1)c1ccccc1. The van der Waals surface area contributed by atoms with Gasteiger partial charge < -0.3 is 5.32 Å². The molecule has 96 valence electrons. The van der Waals surface area contributed by atoms with Gasteiger partial charge in [0, 0.05) is 12.1 Å². The Hall–Kier alpha value is -2.63. The Kier molecular flexibility index (Phi) is 2.75. The van der Waals surface area contributed by atoms with Gasteiger partial charge in [0.25, 0.3) is 0 Å². The van der Waals surface area contributed by atoms with E-state index in [4.69, 9.17) is 0 Å². The van der Waals surface area contributed by atoms with E-state index in [2.05, 4.69) is 39.6 Å². The standard InChI is InChI=1S/C13H13N5O/c1-9(10-5-3-2-4-6-10)15-11-7-12-16-17-13(19)18(12)8-14-11/h2-9,15H,1H3,(H,17,19). The van der Waals surface area contributed by atoms with E-state index >= 15 is 0 Å². The second-order valence-electron chi connectivity index (χ2n) is 4.31. The van der Waals surface area contributed by atoms with Crippen molar-refractivity contribution < 1.29 is 0 Å². The smallest absolute Gasteiger partial charge is 0.348 e. The highest BCUT2D eigenvalue weighted by atomic mass is 16.1. The average Bonchev–Trinajstić information content (AvgIpc) is 2.81. The number of aromatic amines is 1. The Labute approximate surface area is 109 Å². The summed E-state index contributed by atoms with van der Waals surface area (Å²) >= 11 is 0. The lowest BCUT2D eigenvalue weighted by molar-refractivity contribution is 0.869. The van der Waals surface area contributed by atoms with Crippen LogP contribution in [0.1, 0.15) is 18.5 Å². The van der Waals surface area contributed by atoms with Crippen molar-refractivity contribution >= 4 is 11.5 Å². The van der Waals surface area contributed by atoms with Crippen LogP contribution in [0.25, 0.3) is 5.65 Å². The van der Waals surface area contributed by atoms with Crippen LogP contribution >= 0.6 is 0 Å². The molecule has 1 atom stereocenters. The maximum atomic E-state index is 11.3. The number of hydrogen-bond acceptors (Lipinski definition) is 4. The normalized spacial score (nSPS) is 12.5. The molecule has 0 saturated carbocycles. The van der Waals surface area contributed by atoms with Crippen LogP contribution in [0.5, 0.6) is 0 Å². The maximum absolute atomic E-state index is 11.3. The first kappa shape index (κ1) is 11.5. The van der Waals surface area contributed by atoms with E-state index in [0.29, 0.717) is 11.5 Å². The molecule has 1 unspecified atom stereocenters. The Morgan fingerprint density at radius 1 is 1.32 bits per heavy atom. The summed E-state index contributed by atoms with van der Waals surface area (Å²) in [6.07, 6.45) is 1.46. The third-order valence-electron chi connectivity index (χ3n) is 2.97. The molecule has 0 bridgehead atoms. The summed E-state index contributed by atoms with van der Waals surface area (Å²) in [4.78, 5) is 15.5. The number of H-pyrrole nitrogens is 1. The number of benzene rings is 1. The van der Waals surface area contributed by atoms with Crippen LogP contribution in [0.15, 0.2) is 47.5 Å². The van der Waals surface area contributed by atoms with Gasteiger partial charge in [0.2, 0.25) is 0 Å². The predicted molar refractivity (Wildman–Crippen MR) is 72.1 cm³/mol. The van der Waals surface area contributed by atoms with E-state index in [0.717, 1.165) is 0 Å². The highest BCUT2D eigenvalue weighted by molar-refractivity contribution is 5.49. The van der Waals surface area contributed by atoms with Gasteiger partial charge in [-0.2, -0.15) is 5.10 Å². The largest absolute Gasteiger partial charge is 0.363 e. The monoisotopic (exact) mass is 255 g/mol. The summed E-state index contributed by atoms with van der Waals surface area (Å²) in [7, 11) is 0. The minimum Gasteiger partial charge on any atom is -0.363 e. The lowest BCUT2D eigenvalue weighted by Gasteiger charge is -2.14. The molecule has 0 fully saturated rings. The molecular formula is C13H13N5O. The fourth-order valence-corrected chi connectivity index (χ4v) is 1.94. The Bertz CT molecular complexity index is 746. The van der Waals surface area contributed by atoms with Crippen molar-refractivity contribution in [3.8, 4) is 0 Å². The molecule has 0 amide bonds. The molecule has 2 N–H and O–H groups in total. The molecular weight excluding hydrogens is 242 g/mol. The Morgan fingerprint density at radius 3 is 2.89 bits per heavy atom. The van der Waals surface area contributed by atoms with Gasteiger partial charge in [-0.1, -0.05) is 30.3 Å². The second-order valence-corrected chi connectivity index (χ2v) is 4.31. The lowest BCUT2D eigenvalue weighted by atomic mass is 10.1. The van der Waals surface area contributed by atoms with Gasteiger partial charge in [-0.15, -0.1) is 0 Å². The van der Waals surface area contributed by atoms with Crippen LogP contribution in [0, 0.1) is 0 Å². The first-order valence-electron chi connectivity index (χ1n) is 5.98. The fourth-order valence-electron chi connectivity index (χ4n) is 1.94. The van der Waals surface area contributed by atoms with Gasteiger partial charge >= 0.3 is 5.69 Å². The quantitative estimate of drug-likeness (QED) is 0.745. The summed E-state index contributed by atoms with van der Waals surface area (Å²) in [5, 5.41) is 9.56. The summed E-state index contributed by atoms with van der Waals surface area (Å²) in [6.45, 7) is 2.05. The zero-order chi connectivity index (χ0) is 13.2. The molecule has 3 aromatic rings. The molecule has 6 heteroatoms. The number of hydrogen-bond donors (Lipinski definition) is 2. The molecule has 0 aliphatic carbocycles. The van der Waals surface area contributed by atoms with Gasteiger partial charge in [0.1, 0.15) is 12.1 Å². The van der Waals surface area contributed by atoms with E-state index in [1.165, 1.54) is 16.3 Å². The van der Waals surface area contributed by atoms with Crippen LogP contribution in [-0.2, 0) is 0 Å². The van der Waals surface area contributed by atoms with Crippen LogP contribution in [0.4, 0.5) is 5.82 Å². The summed E-state index contributed by atoms with van der Waals surface area (Å²) < 4.78 is 1.36. The van der Waals surface area contributed by atoms with Gasteiger partial charge in [-0.25, -0.2) is 19.3 Å². The van der Waals surface area contributed by atoms with E-state index in [1.54, 1.807) is 6.07 Å². The van der Waals surface area contributed by atoms with Crippen LogP contribution in [-0.4, -0.2) is 19.6 Å². The molecule has 3 rings (SSSR count). The van der Waals surface area contributed by atoms with Crippen LogP contribution < -0.4 is 11.0 Å². The van der Waals surface area contributed by atoms with Crippen LogP contribution in [0.2, 0.25) is 0 Å². The molecule has 1 aromatic carbocycles. The highest BCUT2D eigenvalue weighted by Crippen LogP contribution is 2.17. The number of nitrogens with one attached hydrogen (secondary N) is 2. The van der Waals surface area contributed by atoms with Gasteiger partial charge in [0.15, 0.2) is 5.65 Å². The molecule has 0 saturated heterocycles. The molecule has 19 heavy (non-hydrogen) atoms. The number of nitrogens with zero attached hydrogens (tertiary/aromatic N) is 3.